The van der Waals surface area contributed by atoms with Gasteiger partial charge in [0.15, 0.2) is 0 Å². The lowest BCUT2D eigenvalue weighted by Gasteiger charge is -2.09. The van der Waals surface area contributed by atoms with Crippen LogP contribution in [0, 0.1) is 13.8 Å². The lowest BCUT2D eigenvalue weighted by molar-refractivity contribution is 0.101. The Hall–Kier alpha value is -3.71. The highest BCUT2D eigenvalue weighted by Gasteiger charge is 2.17. The van der Waals surface area contributed by atoms with Crippen molar-refractivity contribution in [3.8, 4) is 5.69 Å². The zero-order valence-electron chi connectivity index (χ0n) is 17.6. The predicted molar refractivity (Wildman–Crippen MR) is 130 cm³/mol. The summed E-state index contributed by atoms with van der Waals surface area (Å²) < 4.78 is 2.70. The molecule has 2 amide bonds. The number of anilines is 2. The maximum Gasteiger partial charge on any atom is 0.255 e. The van der Waals surface area contributed by atoms with Gasteiger partial charge in [0.2, 0.25) is 0 Å². The van der Waals surface area contributed by atoms with Gasteiger partial charge < -0.3 is 10.6 Å². The molecule has 4 rings (SSSR count). The number of nitrogens with one attached hydrogen (secondary N) is 2. The number of hydrogen-bond acceptors (Lipinski definition) is 3. The van der Waals surface area contributed by atoms with Crippen LogP contribution in [0.15, 0.2) is 83.3 Å². The van der Waals surface area contributed by atoms with Crippen LogP contribution in [0.1, 0.15) is 32.1 Å². The van der Waals surface area contributed by atoms with Crippen LogP contribution in [0.4, 0.5) is 11.4 Å². The van der Waals surface area contributed by atoms with E-state index in [1.807, 2.05) is 44.2 Å². The first-order valence-electron chi connectivity index (χ1n) is 10.0. The quantitative estimate of drug-likeness (QED) is 0.375. The smallest absolute Gasteiger partial charge is 0.255 e. The SMILES string of the molecule is Cc1nn(-c2ccccc2)c(C)c1NC(=O)c1cccc(NC(=O)c2ccc(Br)cc2)c1. The van der Waals surface area contributed by atoms with Gasteiger partial charge in [-0.25, -0.2) is 4.68 Å². The van der Waals surface area contributed by atoms with Crippen LogP contribution >= 0.6 is 15.9 Å². The van der Waals surface area contributed by atoms with E-state index >= 15 is 0 Å². The summed E-state index contributed by atoms with van der Waals surface area (Å²) >= 11 is 3.36. The molecule has 0 saturated carbocycles. The zero-order chi connectivity index (χ0) is 22.7. The molecule has 2 N–H and O–H groups in total. The Balaban J connectivity index is 1.52. The molecule has 7 heteroatoms. The van der Waals surface area contributed by atoms with Crippen molar-refractivity contribution in [3.63, 3.8) is 0 Å². The topological polar surface area (TPSA) is 76.0 Å². The molecule has 160 valence electrons. The summed E-state index contributed by atoms with van der Waals surface area (Å²) in [7, 11) is 0. The fourth-order valence-corrected chi connectivity index (χ4v) is 3.64. The highest BCUT2D eigenvalue weighted by atomic mass is 79.9. The Kier molecular flexibility index (Phi) is 6.18. The number of rotatable bonds is 5. The molecule has 0 unspecified atom stereocenters. The average Bonchev–Trinajstić information content (AvgIpc) is 3.08. The van der Waals surface area contributed by atoms with Gasteiger partial charge in [-0.1, -0.05) is 40.2 Å². The van der Waals surface area contributed by atoms with E-state index in [0.717, 1.165) is 21.5 Å². The molecular weight excluding hydrogens is 468 g/mol. The average molecular weight is 489 g/mol. The number of carbonyl (C=O) groups excluding carboxylic acids is 2. The molecule has 0 aliphatic carbocycles. The van der Waals surface area contributed by atoms with E-state index in [9.17, 15) is 9.59 Å². The third-order valence-electron chi connectivity index (χ3n) is 5.02. The van der Waals surface area contributed by atoms with Crippen LogP contribution in [0.3, 0.4) is 0 Å². The van der Waals surface area contributed by atoms with E-state index in [2.05, 4.69) is 31.7 Å². The van der Waals surface area contributed by atoms with Gasteiger partial charge >= 0.3 is 0 Å². The second-order valence-electron chi connectivity index (χ2n) is 7.29. The second-order valence-corrected chi connectivity index (χ2v) is 8.20. The van der Waals surface area contributed by atoms with Gasteiger partial charge in [0.25, 0.3) is 11.8 Å². The minimum Gasteiger partial charge on any atom is -0.322 e. The number of aryl methyl sites for hydroxylation is 1. The summed E-state index contributed by atoms with van der Waals surface area (Å²) in [5, 5.41) is 10.4. The highest BCUT2D eigenvalue weighted by Crippen LogP contribution is 2.24. The van der Waals surface area contributed by atoms with Gasteiger partial charge in [0.05, 0.1) is 22.8 Å². The van der Waals surface area contributed by atoms with Gasteiger partial charge in [-0.05, 0) is 68.4 Å². The lowest BCUT2D eigenvalue weighted by atomic mass is 10.1. The van der Waals surface area contributed by atoms with Crippen molar-refractivity contribution in [2.45, 2.75) is 13.8 Å². The highest BCUT2D eigenvalue weighted by molar-refractivity contribution is 9.10. The molecule has 4 aromatic rings. The fraction of sp³-hybridized carbons (Fsp3) is 0.0800. The van der Waals surface area contributed by atoms with Crippen LogP contribution in [-0.2, 0) is 0 Å². The number of nitrogens with zero attached hydrogens (tertiary/aromatic N) is 2. The van der Waals surface area contributed by atoms with Gasteiger partial charge in [-0.3, -0.25) is 9.59 Å². The van der Waals surface area contributed by atoms with E-state index in [1.165, 1.54) is 0 Å². The third-order valence-corrected chi connectivity index (χ3v) is 5.55. The number of carbonyl (C=O) groups is 2. The fourth-order valence-electron chi connectivity index (χ4n) is 3.37. The van der Waals surface area contributed by atoms with E-state index < -0.39 is 0 Å². The van der Waals surface area contributed by atoms with E-state index in [1.54, 1.807) is 53.2 Å². The maximum atomic E-state index is 12.9. The molecule has 0 bridgehead atoms. The first kappa shape index (κ1) is 21.5. The van der Waals surface area contributed by atoms with Crippen LogP contribution in [0.2, 0.25) is 0 Å². The molecule has 0 fully saturated rings. The maximum absolute atomic E-state index is 12.9. The molecule has 0 saturated heterocycles. The van der Waals surface area contributed by atoms with E-state index in [0.29, 0.717) is 22.5 Å². The number of benzene rings is 3. The van der Waals surface area contributed by atoms with E-state index in [-0.39, 0.29) is 11.8 Å². The zero-order valence-corrected chi connectivity index (χ0v) is 19.2. The predicted octanol–water partition coefficient (Wildman–Crippen LogP) is 5.76. The minimum absolute atomic E-state index is 0.245. The molecular formula is C25H21BrN4O2. The Morgan fingerprint density at radius 3 is 2.22 bits per heavy atom. The molecule has 6 nitrogen and oxygen atoms in total. The molecule has 0 atom stereocenters. The van der Waals surface area contributed by atoms with Crippen molar-refractivity contribution >= 4 is 39.1 Å². The summed E-state index contributed by atoms with van der Waals surface area (Å²) in [4.78, 5) is 25.4. The molecule has 0 radical (unpaired) electrons. The molecule has 0 spiro atoms. The Morgan fingerprint density at radius 2 is 1.50 bits per heavy atom. The minimum atomic E-state index is -0.274. The number of hydrogen-bond donors (Lipinski definition) is 2. The van der Waals surface area contributed by atoms with E-state index in [4.69, 9.17) is 0 Å². The summed E-state index contributed by atoms with van der Waals surface area (Å²) in [6.07, 6.45) is 0. The van der Waals surface area contributed by atoms with Crippen molar-refractivity contribution in [2.75, 3.05) is 10.6 Å². The number of amides is 2. The first-order valence-corrected chi connectivity index (χ1v) is 10.8. The standard InChI is InChI=1S/C25H21BrN4O2/c1-16-23(17(2)30(29-16)22-9-4-3-5-10-22)28-25(32)19-7-6-8-21(15-19)27-24(31)18-11-13-20(26)14-12-18/h3-15H,1-2H3,(H,27,31)(H,28,32). The summed E-state index contributed by atoms with van der Waals surface area (Å²) in [5.74, 6) is -0.519. The number of para-hydroxylation sites is 1. The normalized spacial score (nSPS) is 10.6. The second kappa shape index (κ2) is 9.20. The molecule has 1 aromatic heterocycles. The Bertz CT molecular complexity index is 1280. The van der Waals surface area contributed by atoms with Crippen LogP contribution < -0.4 is 10.6 Å². The number of halogens is 1. The van der Waals surface area contributed by atoms with Crippen molar-refractivity contribution in [2.24, 2.45) is 0 Å². The summed E-state index contributed by atoms with van der Waals surface area (Å²) in [6.45, 7) is 3.77. The van der Waals surface area contributed by atoms with Crippen LogP contribution in [0.5, 0.6) is 0 Å². The van der Waals surface area contributed by atoms with Gasteiger partial charge in [-0.2, -0.15) is 5.10 Å². The summed E-state index contributed by atoms with van der Waals surface area (Å²) in [6, 6.07) is 23.7. The lowest BCUT2D eigenvalue weighted by Crippen LogP contribution is -2.15. The van der Waals surface area contributed by atoms with Crippen molar-refractivity contribution in [3.05, 3.63) is 106 Å². The van der Waals surface area contributed by atoms with Crippen molar-refractivity contribution in [1.29, 1.82) is 0 Å². The molecule has 0 aliphatic heterocycles. The van der Waals surface area contributed by atoms with Crippen LogP contribution in [0.25, 0.3) is 5.69 Å². The van der Waals surface area contributed by atoms with Gasteiger partial charge in [0.1, 0.15) is 0 Å². The monoisotopic (exact) mass is 488 g/mol. The van der Waals surface area contributed by atoms with Crippen molar-refractivity contribution < 1.29 is 9.59 Å². The van der Waals surface area contributed by atoms with Crippen molar-refractivity contribution in [1.82, 2.24) is 9.78 Å². The molecule has 32 heavy (non-hydrogen) atoms. The molecule has 3 aromatic carbocycles. The Morgan fingerprint density at radius 1 is 0.812 bits per heavy atom. The third kappa shape index (κ3) is 4.63. The van der Waals surface area contributed by atoms with Crippen LogP contribution in [-0.4, -0.2) is 21.6 Å². The first-order chi connectivity index (χ1) is 15.4. The van der Waals surface area contributed by atoms with Gasteiger partial charge in [-0.15, -0.1) is 0 Å². The molecule has 0 aliphatic rings. The molecule has 1 heterocycles. The Labute approximate surface area is 194 Å². The largest absolute Gasteiger partial charge is 0.322 e. The number of aromatic nitrogens is 2. The summed E-state index contributed by atoms with van der Waals surface area (Å²) in [5.41, 5.74) is 4.65. The van der Waals surface area contributed by atoms with Gasteiger partial charge in [0, 0.05) is 21.3 Å².